The summed E-state index contributed by atoms with van der Waals surface area (Å²) in [6, 6.07) is 0. The van der Waals surface area contributed by atoms with Gasteiger partial charge in [-0.25, -0.2) is 0 Å². The van der Waals surface area contributed by atoms with Crippen LogP contribution in [-0.2, 0) is 4.74 Å². The molecule has 2 rings (SSSR count). The number of rotatable bonds is 7. The SMILES string of the molecule is CCCNCC1(CN2CCC(C(C)O)CC2)CCCOC1. The van der Waals surface area contributed by atoms with Gasteiger partial charge in [0.2, 0.25) is 0 Å². The number of likely N-dealkylation sites (tertiary alicyclic amines) is 1. The molecule has 0 radical (unpaired) electrons. The average molecular weight is 298 g/mol. The number of aliphatic hydroxyl groups excluding tert-OH is 1. The molecule has 2 saturated heterocycles. The lowest BCUT2D eigenvalue weighted by Crippen LogP contribution is -2.51. The number of hydrogen-bond acceptors (Lipinski definition) is 4. The zero-order chi connectivity index (χ0) is 15.1. The van der Waals surface area contributed by atoms with Crippen LogP contribution in [0.25, 0.3) is 0 Å². The van der Waals surface area contributed by atoms with Crippen molar-refractivity contribution in [3.8, 4) is 0 Å². The molecule has 2 fully saturated rings. The molecule has 2 atom stereocenters. The smallest absolute Gasteiger partial charge is 0.0546 e. The molecule has 0 spiro atoms. The third kappa shape index (κ3) is 5.20. The number of nitrogens with zero attached hydrogens (tertiary/aromatic N) is 1. The Balaban J connectivity index is 1.84. The monoisotopic (exact) mass is 298 g/mol. The number of hydrogen-bond donors (Lipinski definition) is 2. The zero-order valence-electron chi connectivity index (χ0n) is 13.9. The van der Waals surface area contributed by atoms with Crippen molar-refractivity contribution >= 4 is 0 Å². The van der Waals surface area contributed by atoms with Crippen molar-refractivity contribution in [2.45, 2.75) is 52.1 Å². The molecular weight excluding hydrogens is 264 g/mol. The highest BCUT2D eigenvalue weighted by molar-refractivity contribution is 4.89. The molecule has 0 aromatic rings. The van der Waals surface area contributed by atoms with Crippen LogP contribution >= 0.6 is 0 Å². The maximum Gasteiger partial charge on any atom is 0.0546 e. The normalized spacial score (nSPS) is 30.4. The molecule has 0 aromatic heterocycles. The van der Waals surface area contributed by atoms with E-state index in [0.717, 1.165) is 58.8 Å². The summed E-state index contributed by atoms with van der Waals surface area (Å²) in [5, 5.41) is 13.3. The van der Waals surface area contributed by atoms with Crippen LogP contribution in [0.15, 0.2) is 0 Å². The minimum Gasteiger partial charge on any atom is -0.393 e. The third-order valence-electron chi connectivity index (χ3n) is 5.20. The molecule has 4 nitrogen and oxygen atoms in total. The molecule has 0 amide bonds. The first-order valence-corrected chi connectivity index (χ1v) is 8.84. The van der Waals surface area contributed by atoms with Crippen molar-refractivity contribution < 1.29 is 9.84 Å². The Bertz CT molecular complexity index is 283. The molecule has 2 aliphatic rings. The van der Waals surface area contributed by atoms with Crippen LogP contribution in [0, 0.1) is 11.3 Å². The average Bonchev–Trinajstić information content (AvgIpc) is 2.49. The lowest BCUT2D eigenvalue weighted by atomic mass is 9.80. The van der Waals surface area contributed by atoms with Gasteiger partial charge < -0.3 is 20.1 Å². The van der Waals surface area contributed by atoms with Gasteiger partial charge in [-0.15, -0.1) is 0 Å². The molecule has 124 valence electrons. The second-order valence-electron chi connectivity index (χ2n) is 7.19. The van der Waals surface area contributed by atoms with E-state index in [1.54, 1.807) is 0 Å². The Kier molecular flexibility index (Phi) is 6.93. The maximum atomic E-state index is 9.73. The van der Waals surface area contributed by atoms with E-state index in [1.807, 2.05) is 6.92 Å². The molecule has 0 aliphatic carbocycles. The van der Waals surface area contributed by atoms with Crippen molar-refractivity contribution in [1.29, 1.82) is 0 Å². The standard InChI is InChI=1S/C17H34N2O2/c1-3-8-18-12-17(7-4-11-21-14-17)13-19-9-5-16(6-10-19)15(2)20/h15-16,18,20H,3-14H2,1-2H3. The van der Waals surface area contributed by atoms with Gasteiger partial charge in [0.05, 0.1) is 12.7 Å². The van der Waals surface area contributed by atoms with Gasteiger partial charge in [0.1, 0.15) is 0 Å². The third-order valence-corrected chi connectivity index (χ3v) is 5.20. The largest absolute Gasteiger partial charge is 0.393 e. The Morgan fingerprint density at radius 1 is 1.38 bits per heavy atom. The van der Waals surface area contributed by atoms with Crippen LogP contribution in [0.4, 0.5) is 0 Å². The quantitative estimate of drug-likeness (QED) is 0.704. The van der Waals surface area contributed by atoms with Gasteiger partial charge in [-0.2, -0.15) is 0 Å². The van der Waals surface area contributed by atoms with Crippen molar-refractivity contribution in [2.75, 3.05) is 45.9 Å². The maximum absolute atomic E-state index is 9.73. The summed E-state index contributed by atoms with van der Waals surface area (Å²) in [5.41, 5.74) is 0.297. The Hall–Kier alpha value is -0.160. The molecule has 4 heteroatoms. The molecule has 2 heterocycles. The molecule has 2 unspecified atom stereocenters. The van der Waals surface area contributed by atoms with E-state index in [2.05, 4.69) is 17.1 Å². The fraction of sp³-hybridized carbons (Fsp3) is 1.00. The van der Waals surface area contributed by atoms with E-state index in [9.17, 15) is 5.11 Å². The van der Waals surface area contributed by atoms with E-state index in [1.165, 1.54) is 19.3 Å². The highest BCUT2D eigenvalue weighted by atomic mass is 16.5. The molecular formula is C17H34N2O2. The molecule has 0 saturated carbocycles. The lowest BCUT2D eigenvalue weighted by molar-refractivity contribution is -0.0343. The van der Waals surface area contributed by atoms with Crippen molar-refractivity contribution in [3.05, 3.63) is 0 Å². The Morgan fingerprint density at radius 3 is 2.71 bits per heavy atom. The van der Waals surface area contributed by atoms with Crippen LogP contribution in [0.1, 0.15) is 46.0 Å². The van der Waals surface area contributed by atoms with Crippen molar-refractivity contribution in [3.63, 3.8) is 0 Å². The zero-order valence-corrected chi connectivity index (χ0v) is 13.9. The summed E-state index contributed by atoms with van der Waals surface area (Å²) >= 11 is 0. The second-order valence-corrected chi connectivity index (χ2v) is 7.19. The van der Waals surface area contributed by atoms with Gasteiger partial charge >= 0.3 is 0 Å². The minimum absolute atomic E-state index is 0.148. The number of aliphatic hydroxyl groups is 1. The summed E-state index contributed by atoms with van der Waals surface area (Å²) in [4.78, 5) is 2.60. The van der Waals surface area contributed by atoms with Crippen LogP contribution < -0.4 is 5.32 Å². The molecule has 0 bridgehead atoms. The number of nitrogens with one attached hydrogen (secondary N) is 1. The van der Waals surface area contributed by atoms with E-state index in [0.29, 0.717) is 11.3 Å². The summed E-state index contributed by atoms with van der Waals surface area (Å²) < 4.78 is 5.81. The first kappa shape index (κ1) is 17.2. The molecule has 2 aliphatic heterocycles. The van der Waals surface area contributed by atoms with Gasteiger partial charge in [-0.05, 0) is 64.6 Å². The van der Waals surface area contributed by atoms with Crippen LogP contribution in [0.5, 0.6) is 0 Å². The van der Waals surface area contributed by atoms with Crippen molar-refractivity contribution in [1.82, 2.24) is 10.2 Å². The summed E-state index contributed by atoms with van der Waals surface area (Å²) in [6.45, 7) is 11.6. The lowest BCUT2D eigenvalue weighted by Gasteiger charge is -2.43. The topological polar surface area (TPSA) is 44.7 Å². The first-order valence-electron chi connectivity index (χ1n) is 8.84. The van der Waals surface area contributed by atoms with Gasteiger partial charge in [0, 0.05) is 25.1 Å². The fourth-order valence-electron chi connectivity index (χ4n) is 3.83. The predicted octanol–water partition coefficient (Wildman–Crippen LogP) is 1.88. The van der Waals surface area contributed by atoms with E-state index in [-0.39, 0.29) is 6.10 Å². The Morgan fingerprint density at radius 2 is 2.14 bits per heavy atom. The summed E-state index contributed by atoms with van der Waals surface area (Å²) in [7, 11) is 0. The molecule has 2 N–H and O–H groups in total. The van der Waals surface area contributed by atoms with E-state index < -0.39 is 0 Å². The minimum atomic E-state index is -0.148. The van der Waals surface area contributed by atoms with Gasteiger partial charge in [0.15, 0.2) is 0 Å². The number of ether oxygens (including phenoxy) is 1. The molecule has 0 aromatic carbocycles. The first-order chi connectivity index (χ1) is 10.2. The van der Waals surface area contributed by atoms with E-state index in [4.69, 9.17) is 4.74 Å². The van der Waals surface area contributed by atoms with Crippen LogP contribution in [0.2, 0.25) is 0 Å². The highest BCUT2D eigenvalue weighted by Gasteiger charge is 2.35. The van der Waals surface area contributed by atoms with Crippen molar-refractivity contribution in [2.24, 2.45) is 11.3 Å². The molecule has 21 heavy (non-hydrogen) atoms. The predicted molar refractivity (Wildman–Crippen MR) is 86.5 cm³/mol. The summed E-state index contributed by atoms with van der Waals surface area (Å²) in [5.74, 6) is 0.498. The fourth-order valence-corrected chi connectivity index (χ4v) is 3.83. The second kappa shape index (κ2) is 8.47. The van der Waals surface area contributed by atoms with Crippen LogP contribution in [0.3, 0.4) is 0 Å². The van der Waals surface area contributed by atoms with Gasteiger partial charge in [0.25, 0.3) is 0 Å². The van der Waals surface area contributed by atoms with Crippen LogP contribution in [-0.4, -0.2) is 62.0 Å². The summed E-state index contributed by atoms with van der Waals surface area (Å²) in [6.07, 6.45) is 5.79. The Labute approximate surface area is 130 Å². The number of piperidine rings is 1. The van der Waals surface area contributed by atoms with Gasteiger partial charge in [-0.1, -0.05) is 6.92 Å². The highest BCUT2D eigenvalue weighted by Crippen LogP contribution is 2.31. The van der Waals surface area contributed by atoms with E-state index >= 15 is 0 Å². The van der Waals surface area contributed by atoms with Gasteiger partial charge in [-0.3, -0.25) is 0 Å².